The Balaban J connectivity index is 2.07. The van der Waals surface area contributed by atoms with Crippen molar-refractivity contribution in [2.24, 2.45) is 5.92 Å². The summed E-state index contributed by atoms with van der Waals surface area (Å²) in [6.45, 7) is 4.90. The molecule has 0 aliphatic heterocycles. The first-order valence-corrected chi connectivity index (χ1v) is 8.17. The molecule has 2 rings (SSSR count). The van der Waals surface area contributed by atoms with Gasteiger partial charge in [0.05, 0.1) is 10.7 Å². The molecule has 0 fully saturated rings. The molecule has 0 spiro atoms. The molecule has 1 heterocycles. The molecule has 2 N–H and O–H groups in total. The van der Waals surface area contributed by atoms with Crippen molar-refractivity contribution in [3.63, 3.8) is 0 Å². The van der Waals surface area contributed by atoms with Crippen molar-refractivity contribution in [2.75, 3.05) is 11.9 Å². The molecule has 0 bridgehead atoms. The number of halogens is 2. The third-order valence-corrected chi connectivity index (χ3v) is 3.79. The molecule has 0 saturated carbocycles. The number of pyridine rings is 1. The molecule has 2 aromatic rings. The average molecular weight is 352 g/mol. The van der Waals surface area contributed by atoms with E-state index in [2.05, 4.69) is 29.5 Å². The topological polar surface area (TPSA) is 54.0 Å². The molecule has 0 radical (unpaired) electrons. The zero-order valence-electron chi connectivity index (χ0n) is 13.1. The van der Waals surface area contributed by atoms with Crippen LogP contribution >= 0.6 is 23.2 Å². The van der Waals surface area contributed by atoms with E-state index in [0.29, 0.717) is 39.6 Å². The van der Waals surface area contributed by atoms with Crippen LogP contribution in [0.3, 0.4) is 0 Å². The summed E-state index contributed by atoms with van der Waals surface area (Å²) in [6, 6.07) is 8.48. The molecule has 1 amide bonds. The maximum atomic E-state index is 12.1. The van der Waals surface area contributed by atoms with Crippen LogP contribution in [-0.4, -0.2) is 17.4 Å². The highest BCUT2D eigenvalue weighted by atomic mass is 35.5. The van der Waals surface area contributed by atoms with Crippen LogP contribution in [0, 0.1) is 5.92 Å². The van der Waals surface area contributed by atoms with Crippen molar-refractivity contribution in [2.45, 2.75) is 20.3 Å². The summed E-state index contributed by atoms with van der Waals surface area (Å²) in [4.78, 5) is 16.3. The van der Waals surface area contributed by atoms with Crippen LogP contribution in [0.25, 0.3) is 0 Å². The summed E-state index contributed by atoms with van der Waals surface area (Å²) < 4.78 is 0. The molecule has 0 aliphatic carbocycles. The number of nitrogens with zero attached hydrogens (tertiary/aromatic N) is 1. The molecule has 0 saturated heterocycles. The second kappa shape index (κ2) is 8.18. The normalized spacial score (nSPS) is 10.7. The van der Waals surface area contributed by atoms with Gasteiger partial charge < -0.3 is 10.6 Å². The number of carbonyl (C=O) groups excluding carboxylic acids is 1. The minimum absolute atomic E-state index is 0.117. The smallest absolute Gasteiger partial charge is 0.251 e. The molecule has 1 aromatic carbocycles. The van der Waals surface area contributed by atoms with Crippen LogP contribution in [-0.2, 0) is 0 Å². The number of hydrogen-bond donors (Lipinski definition) is 2. The molecule has 0 unspecified atom stereocenters. The van der Waals surface area contributed by atoms with Gasteiger partial charge in [-0.25, -0.2) is 4.98 Å². The maximum Gasteiger partial charge on any atom is 0.251 e. The van der Waals surface area contributed by atoms with E-state index in [-0.39, 0.29) is 5.91 Å². The number of benzene rings is 1. The largest absolute Gasteiger partial charge is 0.352 e. The van der Waals surface area contributed by atoms with Gasteiger partial charge in [0, 0.05) is 23.3 Å². The first kappa shape index (κ1) is 17.6. The van der Waals surface area contributed by atoms with Gasteiger partial charge in [0.1, 0.15) is 5.82 Å². The average Bonchev–Trinajstić information content (AvgIpc) is 2.51. The van der Waals surface area contributed by atoms with Crippen LogP contribution in [0.15, 0.2) is 36.5 Å². The van der Waals surface area contributed by atoms with Gasteiger partial charge in [-0.05, 0) is 42.7 Å². The lowest BCUT2D eigenvalue weighted by molar-refractivity contribution is 0.0952. The van der Waals surface area contributed by atoms with E-state index < -0.39 is 0 Å². The lowest BCUT2D eigenvalue weighted by Gasteiger charge is -2.10. The summed E-state index contributed by atoms with van der Waals surface area (Å²) in [5.74, 6) is 0.967. The molecule has 23 heavy (non-hydrogen) atoms. The van der Waals surface area contributed by atoms with Crippen LogP contribution in [0.4, 0.5) is 11.5 Å². The first-order valence-electron chi connectivity index (χ1n) is 7.42. The van der Waals surface area contributed by atoms with Crippen molar-refractivity contribution in [3.05, 3.63) is 52.1 Å². The number of aromatic nitrogens is 1. The highest BCUT2D eigenvalue weighted by Gasteiger charge is 2.08. The third-order valence-electron chi connectivity index (χ3n) is 3.22. The number of carbonyl (C=O) groups is 1. The SMILES string of the molecule is CC(C)CCNC(=O)c1ccnc(Nc2cc(Cl)ccc2Cl)c1. The fourth-order valence-electron chi connectivity index (χ4n) is 1.95. The molecular weight excluding hydrogens is 333 g/mol. The van der Waals surface area contributed by atoms with E-state index >= 15 is 0 Å². The Kier molecular flexibility index (Phi) is 6.25. The van der Waals surface area contributed by atoms with Crippen LogP contribution in [0.1, 0.15) is 30.6 Å². The van der Waals surface area contributed by atoms with E-state index in [0.717, 1.165) is 6.42 Å². The van der Waals surface area contributed by atoms with E-state index in [4.69, 9.17) is 23.2 Å². The zero-order valence-corrected chi connectivity index (χ0v) is 14.6. The Morgan fingerprint density at radius 3 is 2.74 bits per heavy atom. The maximum absolute atomic E-state index is 12.1. The van der Waals surface area contributed by atoms with Crippen LogP contribution < -0.4 is 10.6 Å². The van der Waals surface area contributed by atoms with Crippen molar-refractivity contribution >= 4 is 40.6 Å². The Morgan fingerprint density at radius 1 is 1.22 bits per heavy atom. The number of nitrogens with one attached hydrogen (secondary N) is 2. The van der Waals surface area contributed by atoms with Gasteiger partial charge in [-0.1, -0.05) is 37.0 Å². The van der Waals surface area contributed by atoms with E-state index in [1.807, 2.05) is 0 Å². The summed E-state index contributed by atoms with van der Waals surface area (Å²) >= 11 is 12.1. The summed E-state index contributed by atoms with van der Waals surface area (Å²) in [5, 5.41) is 7.07. The zero-order chi connectivity index (χ0) is 16.8. The lowest BCUT2D eigenvalue weighted by Crippen LogP contribution is -2.25. The molecule has 0 atom stereocenters. The second-order valence-electron chi connectivity index (χ2n) is 5.62. The standard InChI is InChI=1S/C17H19Cl2N3O/c1-11(2)5-7-21-17(23)12-6-8-20-16(9-12)22-15-10-13(18)3-4-14(15)19/h3-4,6,8-11H,5,7H2,1-2H3,(H,20,22)(H,21,23). The Hall–Kier alpha value is -1.78. The Morgan fingerprint density at radius 2 is 2.00 bits per heavy atom. The quantitative estimate of drug-likeness (QED) is 0.777. The van der Waals surface area contributed by atoms with Crippen molar-refractivity contribution in [1.82, 2.24) is 10.3 Å². The summed E-state index contributed by atoms with van der Waals surface area (Å²) in [6.07, 6.45) is 2.53. The van der Waals surface area contributed by atoms with Gasteiger partial charge in [-0.3, -0.25) is 4.79 Å². The van der Waals surface area contributed by atoms with Crippen LogP contribution in [0.5, 0.6) is 0 Å². The molecule has 0 aliphatic rings. The summed E-state index contributed by atoms with van der Waals surface area (Å²) in [5.41, 5.74) is 1.19. The van der Waals surface area contributed by atoms with Gasteiger partial charge in [0.15, 0.2) is 0 Å². The van der Waals surface area contributed by atoms with E-state index in [9.17, 15) is 4.79 Å². The van der Waals surface area contributed by atoms with Gasteiger partial charge in [0.25, 0.3) is 5.91 Å². The third kappa shape index (κ3) is 5.41. The van der Waals surface area contributed by atoms with Crippen molar-refractivity contribution < 1.29 is 4.79 Å². The lowest BCUT2D eigenvalue weighted by atomic mass is 10.1. The van der Waals surface area contributed by atoms with Crippen LogP contribution in [0.2, 0.25) is 10.0 Å². The van der Waals surface area contributed by atoms with Gasteiger partial charge in [-0.2, -0.15) is 0 Å². The second-order valence-corrected chi connectivity index (χ2v) is 6.46. The number of amides is 1. The Labute approximate surface area is 146 Å². The monoisotopic (exact) mass is 351 g/mol. The fourth-order valence-corrected chi connectivity index (χ4v) is 2.28. The molecule has 122 valence electrons. The predicted octanol–water partition coefficient (Wildman–Crippen LogP) is 4.91. The number of anilines is 2. The highest BCUT2D eigenvalue weighted by Crippen LogP contribution is 2.27. The fraction of sp³-hybridized carbons (Fsp3) is 0.294. The summed E-state index contributed by atoms with van der Waals surface area (Å²) in [7, 11) is 0. The Bertz CT molecular complexity index is 689. The molecule has 4 nitrogen and oxygen atoms in total. The van der Waals surface area contributed by atoms with E-state index in [1.54, 1.807) is 36.5 Å². The first-order chi connectivity index (χ1) is 11.0. The molecular formula is C17H19Cl2N3O. The highest BCUT2D eigenvalue weighted by molar-refractivity contribution is 6.35. The predicted molar refractivity (Wildman–Crippen MR) is 95.8 cm³/mol. The minimum Gasteiger partial charge on any atom is -0.352 e. The van der Waals surface area contributed by atoms with Gasteiger partial charge in [-0.15, -0.1) is 0 Å². The van der Waals surface area contributed by atoms with Crippen molar-refractivity contribution in [3.8, 4) is 0 Å². The number of rotatable bonds is 6. The molecule has 1 aromatic heterocycles. The molecule has 6 heteroatoms. The van der Waals surface area contributed by atoms with E-state index in [1.165, 1.54) is 0 Å². The minimum atomic E-state index is -0.117. The van der Waals surface area contributed by atoms with Crippen molar-refractivity contribution in [1.29, 1.82) is 0 Å². The number of hydrogen-bond acceptors (Lipinski definition) is 3. The van der Waals surface area contributed by atoms with Gasteiger partial charge >= 0.3 is 0 Å². The van der Waals surface area contributed by atoms with Gasteiger partial charge in [0.2, 0.25) is 0 Å².